The van der Waals surface area contributed by atoms with Gasteiger partial charge in [0.1, 0.15) is 17.9 Å². The van der Waals surface area contributed by atoms with E-state index >= 15 is 0 Å². The van der Waals surface area contributed by atoms with Crippen molar-refractivity contribution in [1.29, 1.82) is 5.26 Å². The van der Waals surface area contributed by atoms with Gasteiger partial charge in [-0.1, -0.05) is 27.7 Å². The van der Waals surface area contributed by atoms with E-state index in [0.717, 1.165) is 91.8 Å². The van der Waals surface area contributed by atoms with Gasteiger partial charge in [-0.25, -0.2) is 0 Å². The maximum absolute atomic E-state index is 13.6. The highest BCUT2D eigenvalue weighted by atomic mass is 16.5. The van der Waals surface area contributed by atoms with Crippen LogP contribution in [0.15, 0.2) is 54.6 Å². The Balaban J connectivity index is 0.794. The lowest BCUT2D eigenvalue weighted by Gasteiger charge is -2.63. The molecule has 1 atom stereocenters. The van der Waals surface area contributed by atoms with Crippen LogP contribution in [-0.4, -0.2) is 103 Å². The van der Waals surface area contributed by atoms with E-state index in [-0.39, 0.29) is 41.7 Å². The fraction of sp³-hybridized carbons (Fsp3) is 0.489. The van der Waals surface area contributed by atoms with Crippen LogP contribution in [-0.2, 0) is 9.59 Å². The molecule has 0 aromatic heterocycles. The Bertz CT molecular complexity index is 2240. The van der Waals surface area contributed by atoms with E-state index in [1.807, 2.05) is 44.2 Å². The fourth-order valence-corrected chi connectivity index (χ4v) is 10.7. The average molecular weight is 814 g/mol. The molecule has 4 aliphatic heterocycles. The Kier molecular flexibility index (Phi) is 10.7. The summed E-state index contributed by atoms with van der Waals surface area (Å²) in [6.45, 7) is 18.8. The third kappa shape index (κ3) is 7.40. The molecule has 5 amide bonds. The first kappa shape index (κ1) is 41.0. The van der Waals surface area contributed by atoms with E-state index in [9.17, 15) is 29.2 Å². The summed E-state index contributed by atoms with van der Waals surface area (Å²) in [6, 6.07) is 18.2. The van der Waals surface area contributed by atoms with Gasteiger partial charge in [0.05, 0.1) is 22.8 Å². The van der Waals surface area contributed by atoms with Crippen LogP contribution in [0.2, 0.25) is 0 Å². The molecule has 13 nitrogen and oxygen atoms in total. The molecule has 0 bridgehead atoms. The van der Waals surface area contributed by atoms with Crippen LogP contribution in [0.4, 0.5) is 11.4 Å². The number of carbonyl (C=O) groups excluding carboxylic acids is 5. The second kappa shape index (κ2) is 15.7. The third-order valence-corrected chi connectivity index (χ3v) is 13.7. The van der Waals surface area contributed by atoms with Crippen molar-refractivity contribution in [2.24, 2.45) is 16.7 Å². The van der Waals surface area contributed by atoms with E-state index in [2.05, 4.69) is 71.2 Å². The standard InChI is InChI=1S/C47H55N7O6/c1-28-23-31(26-48)24-29(2)39(28)60-45-46(3,4)44(47(45,5)6)50-40(56)32-7-9-33(10-8-32)52-17-15-30(16-18-52)27-51-19-21-53(22-20-51)34-11-12-35-36(25-34)43(59)54(42(35)58)37-13-14-38(55)49-41(37)57/h7-12,23-25,30,37,44-45H,13-22,27H2,1-6H3,(H,50,56)(H,49,55,57)/t37?,44-,45-. The predicted molar refractivity (Wildman–Crippen MR) is 227 cm³/mol. The van der Waals surface area contributed by atoms with E-state index in [4.69, 9.17) is 4.74 Å². The summed E-state index contributed by atoms with van der Waals surface area (Å²) in [4.78, 5) is 72.3. The Morgan fingerprint density at radius 3 is 2.02 bits per heavy atom. The average Bonchev–Trinajstić information content (AvgIpc) is 3.47. The fourth-order valence-electron chi connectivity index (χ4n) is 10.7. The zero-order valence-electron chi connectivity index (χ0n) is 35.5. The van der Waals surface area contributed by atoms with Gasteiger partial charge in [0.25, 0.3) is 17.7 Å². The number of nitriles is 1. The van der Waals surface area contributed by atoms with Gasteiger partial charge in [0.15, 0.2) is 0 Å². The number of benzene rings is 3. The number of amides is 5. The van der Waals surface area contributed by atoms with Crippen molar-refractivity contribution < 1.29 is 28.7 Å². The zero-order chi connectivity index (χ0) is 42.7. The van der Waals surface area contributed by atoms with E-state index in [1.165, 1.54) is 0 Å². The molecule has 0 radical (unpaired) electrons. The normalized spacial score (nSPS) is 24.1. The van der Waals surface area contributed by atoms with Crippen LogP contribution >= 0.6 is 0 Å². The smallest absolute Gasteiger partial charge is 0.262 e. The van der Waals surface area contributed by atoms with Crippen molar-refractivity contribution in [2.45, 2.75) is 85.4 Å². The minimum absolute atomic E-state index is 0.0909. The molecule has 4 fully saturated rings. The maximum atomic E-state index is 13.6. The molecule has 4 heterocycles. The monoisotopic (exact) mass is 813 g/mol. The van der Waals surface area contributed by atoms with Gasteiger partial charge in [0.2, 0.25) is 11.8 Å². The van der Waals surface area contributed by atoms with E-state index in [1.54, 1.807) is 12.1 Å². The predicted octanol–water partition coefficient (Wildman–Crippen LogP) is 5.23. The summed E-state index contributed by atoms with van der Waals surface area (Å²) in [5, 5.41) is 14.9. The van der Waals surface area contributed by atoms with Crippen LogP contribution in [0, 0.1) is 41.9 Å². The largest absolute Gasteiger partial charge is 0.489 e. The molecule has 2 N–H and O–H groups in total. The van der Waals surface area contributed by atoms with Gasteiger partial charge < -0.3 is 19.9 Å². The van der Waals surface area contributed by atoms with Crippen molar-refractivity contribution in [2.75, 3.05) is 55.6 Å². The Morgan fingerprint density at radius 1 is 0.800 bits per heavy atom. The molecule has 1 aliphatic carbocycles. The van der Waals surface area contributed by atoms with Crippen molar-refractivity contribution in [3.8, 4) is 11.8 Å². The summed E-state index contributed by atoms with van der Waals surface area (Å²) < 4.78 is 6.65. The van der Waals surface area contributed by atoms with E-state index < -0.39 is 29.7 Å². The van der Waals surface area contributed by atoms with Crippen molar-refractivity contribution in [3.05, 3.63) is 88.0 Å². The number of piperazine rings is 1. The van der Waals surface area contributed by atoms with Gasteiger partial charge >= 0.3 is 0 Å². The Morgan fingerprint density at radius 2 is 1.40 bits per heavy atom. The number of aryl methyl sites for hydroxylation is 2. The highest BCUT2D eigenvalue weighted by molar-refractivity contribution is 6.23. The molecule has 0 spiro atoms. The van der Waals surface area contributed by atoms with Crippen LogP contribution in [0.3, 0.4) is 0 Å². The first-order valence-corrected chi connectivity index (χ1v) is 21.2. The number of anilines is 2. The first-order valence-electron chi connectivity index (χ1n) is 21.2. The quantitative estimate of drug-likeness (QED) is 0.275. The number of rotatable bonds is 9. The number of hydrogen-bond acceptors (Lipinski definition) is 10. The summed E-state index contributed by atoms with van der Waals surface area (Å²) in [7, 11) is 0. The summed E-state index contributed by atoms with van der Waals surface area (Å²) in [5.74, 6) is -0.665. The second-order valence-corrected chi connectivity index (χ2v) is 18.5. The van der Waals surface area contributed by atoms with Crippen LogP contribution < -0.4 is 25.2 Å². The molecule has 3 saturated heterocycles. The molecule has 13 heteroatoms. The SMILES string of the molecule is Cc1cc(C#N)cc(C)c1O[C@H]1C(C)(C)[C@H](NC(=O)c2ccc(N3CCC(CN4CCN(c5ccc6c(c5)C(=O)N(C5CCC(=O)NC5=O)C6=O)CC4)CC3)cc2)C1(C)C. The Hall–Kier alpha value is -5.74. The lowest BCUT2D eigenvalue weighted by atomic mass is 9.49. The summed E-state index contributed by atoms with van der Waals surface area (Å²) >= 11 is 0. The first-order chi connectivity index (χ1) is 28.6. The number of hydrogen-bond donors (Lipinski definition) is 2. The minimum atomic E-state index is -0.973. The lowest BCUT2D eigenvalue weighted by Crippen LogP contribution is -2.74. The van der Waals surface area contributed by atoms with Gasteiger partial charge in [-0.05, 0) is 105 Å². The van der Waals surface area contributed by atoms with E-state index in [0.29, 0.717) is 28.2 Å². The Labute approximate surface area is 352 Å². The van der Waals surface area contributed by atoms with Crippen LogP contribution in [0.5, 0.6) is 5.75 Å². The lowest BCUT2D eigenvalue weighted by molar-refractivity contribution is -0.164. The molecule has 3 aromatic rings. The number of imide groups is 2. The van der Waals surface area contributed by atoms with Crippen molar-refractivity contribution in [1.82, 2.24) is 20.4 Å². The van der Waals surface area contributed by atoms with Gasteiger partial charge in [-0.3, -0.25) is 39.1 Å². The van der Waals surface area contributed by atoms with Gasteiger partial charge in [-0.15, -0.1) is 0 Å². The molecule has 314 valence electrons. The zero-order valence-corrected chi connectivity index (χ0v) is 35.5. The van der Waals surface area contributed by atoms with Crippen molar-refractivity contribution in [3.63, 3.8) is 0 Å². The summed E-state index contributed by atoms with van der Waals surface area (Å²) in [5.41, 5.74) is 5.10. The van der Waals surface area contributed by atoms with Gasteiger partial charge in [0, 0.05) is 86.0 Å². The molecular formula is C47H55N7O6. The van der Waals surface area contributed by atoms with Crippen LogP contribution in [0.1, 0.15) is 101 Å². The minimum Gasteiger partial charge on any atom is -0.489 e. The molecule has 3 aromatic carbocycles. The topological polar surface area (TPSA) is 155 Å². The number of ether oxygens (including phenoxy) is 1. The number of carbonyl (C=O) groups is 5. The van der Waals surface area contributed by atoms with Crippen molar-refractivity contribution >= 4 is 40.9 Å². The maximum Gasteiger partial charge on any atom is 0.262 e. The number of fused-ring (bicyclic) bond motifs is 1. The molecule has 60 heavy (non-hydrogen) atoms. The van der Waals surface area contributed by atoms with Crippen LogP contribution in [0.25, 0.3) is 0 Å². The number of nitrogens with one attached hydrogen (secondary N) is 2. The number of nitrogens with zero attached hydrogens (tertiary/aromatic N) is 5. The molecular weight excluding hydrogens is 759 g/mol. The molecule has 1 unspecified atom stereocenters. The summed E-state index contributed by atoms with van der Waals surface area (Å²) in [6.07, 6.45) is 2.27. The molecule has 5 aliphatic rings. The highest BCUT2D eigenvalue weighted by Gasteiger charge is 2.64. The molecule has 8 rings (SSSR count). The molecule has 1 saturated carbocycles. The van der Waals surface area contributed by atoms with Gasteiger partial charge in [-0.2, -0.15) is 5.26 Å². The highest BCUT2D eigenvalue weighted by Crippen LogP contribution is 2.56. The second-order valence-electron chi connectivity index (χ2n) is 18.5. The third-order valence-electron chi connectivity index (χ3n) is 13.7. The number of piperidine rings is 2.